The van der Waals surface area contributed by atoms with Gasteiger partial charge in [0.25, 0.3) is 0 Å². The number of amidine groups is 1. The maximum absolute atomic E-state index is 12.4. The van der Waals surface area contributed by atoms with E-state index in [1.165, 1.54) is 12.1 Å². The number of allylic oxidation sites excluding steroid dienone is 4. The van der Waals surface area contributed by atoms with Crippen LogP contribution in [0, 0.1) is 5.92 Å². The van der Waals surface area contributed by atoms with E-state index < -0.39 is 6.36 Å². The van der Waals surface area contributed by atoms with Crippen LogP contribution in [0.4, 0.5) is 13.2 Å². The maximum Gasteiger partial charge on any atom is 0.573 e. The van der Waals surface area contributed by atoms with Crippen molar-refractivity contribution in [1.82, 2.24) is 4.90 Å². The number of alkyl halides is 3. The Balaban J connectivity index is 0.00000166. The van der Waals surface area contributed by atoms with Gasteiger partial charge in [0.05, 0.1) is 0 Å². The quantitative estimate of drug-likeness (QED) is 0.472. The van der Waals surface area contributed by atoms with E-state index >= 15 is 0 Å². The van der Waals surface area contributed by atoms with Crippen molar-refractivity contribution in [1.29, 1.82) is 0 Å². The van der Waals surface area contributed by atoms with Gasteiger partial charge in [-0.15, -0.1) is 13.2 Å². The molecule has 2 aliphatic rings. The van der Waals surface area contributed by atoms with Gasteiger partial charge in [-0.1, -0.05) is 56.9 Å². The number of ether oxygens (including phenoxy) is 1. The minimum Gasteiger partial charge on any atom is -0.406 e. The Morgan fingerprint density at radius 1 is 1.13 bits per heavy atom. The lowest BCUT2D eigenvalue weighted by atomic mass is 9.92. The Morgan fingerprint density at radius 2 is 1.71 bits per heavy atom. The SMILES string of the molecule is C=C1C/C(=C(/C)c2ccc(OC(F)(F)F)cc2)C(=NC(=C)C2CC=CC2)N(C)C1.CC. The zero-order valence-corrected chi connectivity index (χ0v) is 18.7. The van der Waals surface area contributed by atoms with Crippen molar-refractivity contribution >= 4 is 11.4 Å². The first-order valence-electron chi connectivity index (χ1n) is 10.5. The molecule has 1 aromatic rings. The van der Waals surface area contributed by atoms with Crippen LogP contribution in [0.15, 0.2) is 71.4 Å². The largest absolute Gasteiger partial charge is 0.573 e. The van der Waals surface area contributed by atoms with Crippen molar-refractivity contribution in [3.63, 3.8) is 0 Å². The molecule has 1 aliphatic carbocycles. The lowest BCUT2D eigenvalue weighted by Gasteiger charge is -2.32. The molecule has 1 aromatic carbocycles. The van der Waals surface area contributed by atoms with Crippen LogP contribution in [0.25, 0.3) is 5.57 Å². The second-order valence-electron chi connectivity index (χ2n) is 7.53. The van der Waals surface area contributed by atoms with Crippen LogP contribution in [0.2, 0.25) is 0 Å². The van der Waals surface area contributed by atoms with Gasteiger partial charge in [-0.2, -0.15) is 0 Å². The molecule has 168 valence electrons. The number of likely N-dealkylation sites (N-methyl/N-ethyl adjacent to an activating group) is 1. The molecule has 1 saturated heterocycles. The standard InChI is InChI=1S/C23H25F3N2O.C2H6/c1-15-13-21(16(2)18-9-11-20(12-10-18)29-23(24,25)26)22(28(4)14-15)27-17(3)19-7-5-6-8-19;1-2/h5-6,9-12,19H,1,3,7-8,13-14H2,2,4H3;1-2H3/b21-16+,27-22?;. The van der Waals surface area contributed by atoms with E-state index in [-0.39, 0.29) is 5.75 Å². The fourth-order valence-corrected chi connectivity index (χ4v) is 3.68. The maximum atomic E-state index is 12.4. The van der Waals surface area contributed by atoms with Gasteiger partial charge in [-0.05, 0) is 49.5 Å². The van der Waals surface area contributed by atoms with Gasteiger partial charge >= 0.3 is 6.36 Å². The molecule has 0 bridgehead atoms. The Labute approximate surface area is 183 Å². The zero-order chi connectivity index (χ0) is 23.2. The topological polar surface area (TPSA) is 24.8 Å². The molecule has 0 saturated carbocycles. The molecule has 3 rings (SSSR count). The van der Waals surface area contributed by atoms with E-state index in [0.29, 0.717) is 18.9 Å². The Bertz CT molecular complexity index is 884. The smallest absolute Gasteiger partial charge is 0.406 e. The van der Waals surface area contributed by atoms with Crippen LogP contribution in [0.5, 0.6) is 5.75 Å². The molecule has 1 heterocycles. The molecule has 0 aromatic heterocycles. The van der Waals surface area contributed by atoms with Crippen LogP contribution in [0.1, 0.15) is 45.6 Å². The van der Waals surface area contributed by atoms with Gasteiger partial charge in [-0.25, -0.2) is 4.99 Å². The summed E-state index contributed by atoms with van der Waals surface area (Å²) < 4.78 is 41.2. The lowest BCUT2D eigenvalue weighted by Crippen LogP contribution is -2.35. The molecule has 6 heteroatoms. The summed E-state index contributed by atoms with van der Waals surface area (Å²) in [4.78, 5) is 6.92. The van der Waals surface area contributed by atoms with E-state index in [1.54, 1.807) is 12.1 Å². The molecule has 0 unspecified atom stereocenters. The van der Waals surface area contributed by atoms with E-state index in [9.17, 15) is 13.2 Å². The Morgan fingerprint density at radius 3 is 2.26 bits per heavy atom. The third-order valence-corrected chi connectivity index (χ3v) is 5.22. The number of halogens is 3. The predicted molar refractivity (Wildman–Crippen MR) is 122 cm³/mol. The summed E-state index contributed by atoms with van der Waals surface area (Å²) in [6.45, 7) is 15.0. The summed E-state index contributed by atoms with van der Waals surface area (Å²) in [7, 11) is 1.97. The highest BCUT2D eigenvalue weighted by atomic mass is 19.4. The molecule has 0 radical (unpaired) electrons. The van der Waals surface area contributed by atoms with Gasteiger partial charge in [0.15, 0.2) is 0 Å². The highest BCUT2D eigenvalue weighted by Crippen LogP contribution is 2.33. The van der Waals surface area contributed by atoms with Crippen molar-refractivity contribution < 1.29 is 17.9 Å². The van der Waals surface area contributed by atoms with Crippen molar-refractivity contribution in [3.05, 3.63) is 72.0 Å². The lowest BCUT2D eigenvalue weighted by molar-refractivity contribution is -0.274. The molecule has 1 aliphatic heterocycles. The average Bonchev–Trinajstić information content (AvgIpc) is 3.25. The fraction of sp³-hybridized carbons (Fsp3) is 0.400. The van der Waals surface area contributed by atoms with Crippen LogP contribution < -0.4 is 4.74 Å². The van der Waals surface area contributed by atoms with Gasteiger partial charge in [-0.3, -0.25) is 0 Å². The van der Waals surface area contributed by atoms with E-state index in [4.69, 9.17) is 4.99 Å². The normalized spacial score (nSPS) is 19.9. The average molecular weight is 433 g/mol. The molecule has 3 nitrogen and oxygen atoms in total. The van der Waals surface area contributed by atoms with Crippen LogP contribution in [-0.4, -0.2) is 30.7 Å². The van der Waals surface area contributed by atoms with Crippen molar-refractivity contribution in [2.24, 2.45) is 10.9 Å². The number of piperidine rings is 1. The highest BCUT2D eigenvalue weighted by Gasteiger charge is 2.31. The number of nitrogens with zero attached hydrogens (tertiary/aromatic N) is 2. The highest BCUT2D eigenvalue weighted by molar-refractivity contribution is 6.06. The van der Waals surface area contributed by atoms with Gasteiger partial charge in [0.2, 0.25) is 0 Å². The second kappa shape index (κ2) is 10.5. The van der Waals surface area contributed by atoms with E-state index in [2.05, 4.69) is 34.9 Å². The van der Waals surface area contributed by atoms with Gasteiger partial charge in [0.1, 0.15) is 11.6 Å². The molecular formula is C25H31F3N2O. The number of benzene rings is 1. The minimum absolute atomic E-state index is 0.236. The van der Waals surface area contributed by atoms with Gasteiger partial charge < -0.3 is 9.64 Å². The fourth-order valence-electron chi connectivity index (χ4n) is 3.68. The number of rotatable bonds is 4. The molecule has 31 heavy (non-hydrogen) atoms. The molecule has 0 spiro atoms. The number of likely N-dealkylation sites (tertiary alicyclic amines) is 1. The summed E-state index contributed by atoms with van der Waals surface area (Å²) in [5, 5.41) is 0. The molecular weight excluding hydrogens is 401 g/mol. The Hall–Kier alpha value is -2.76. The summed E-state index contributed by atoms with van der Waals surface area (Å²) >= 11 is 0. The van der Waals surface area contributed by atoms with Crippen molar-refractivity contribution in [2.75, 3.05) is 13.6 Å². The number of hydrogen-bond acceptors (Lipinski definition) is 2. The van der Waals surface area contributed by atoms with Crippen molar-refractivity contribution in [2.45, 2.75) is 46.4 Å². The van der Waals surface area contributed by atoms with Crippen LogP contribution in [0.3, 0.4) is 0 Å². The third kappa shape index (κ3) is 6.61. The molecule has 0 atom stereocenters. The summed E-state index contributed by atoms with van der Waals surface area (Å²) in [6.07, 6.45) is 2.17. The van der Waals surface area contributed by atoms with Crippen molar-refractivity contribution in [3.8, 4) is 5.75 Å². The molecule has 1 fully saturated rings. The third-order valence-electron chi connectivity index (χ3n) is 5.22. The van der Waals surface area contributed by atoms with Gasteiger partial charge in [0, 0.05) is 30.8 Å². The predicted octanol–water partition coefficient (Wildman–Crippen LogP) is 7.16. The van der Waals surface area contributed by atoms with Crippen LogP contribution in [-0.2, 0) is 0 Å². The first-order valence-corrected chi connectivity index (χ1v) is 10.5. The zero-order valence-electron chi connectivity index (χ0n) is 18.7. The monoisotopic (exact) mass is 432 g/mol. The van der Waals surface area contributed by atoms with Crippen LogP contribution >= 0.6 is 0 Å². The molecule has 0 amide bonds. The van der Waals surface area contributed by atoms with E-state index in [1.807, 2.05) is 27.8 Å². The molecule has 0 N–H and O–H groups in total. The summed E-state index contributed by atoms with van der Waals surface area (Å²) in [6, 6.07) is 5.92. The first-order chi connectivity index (χ1) is 14.6. The summed E-state index contributed by atoms with van der Waals surface area (Å²) in [5.41, 5.74) is 4.70. The number of hydrogen-bond donors (Lipinski definition) is 0. The Kier molecular flexibility index (Phi) is 8.31. The summed E-state index contributed by atoms with van der Waals surface area (Å²) in [5.74, 6) is 0.934. The first kappa shape index (κ1) is 24.5. The van der Waals surface area contributed by atoms with E-state index in [0.717, 1.165) is 46.7 Å². The second-order valence-corrected chi connectivity index (χ2v) is 7.53. The number of aliphatic imine (C=N–C) groups is 1. The minimum atomic E-state index is -4.70.